The lowest BCUT2D eigenvalue weighted by Gasteiger charge is -2.19. The highest BCUT2D eigenvalue weighted by molar-refractivity contribution is 7.90. The molecule has 0 radical (unpaired) electrons. The first-order chi connectivity index (χ1) is 10.3. The summed E-state index contributed by atoms with van der Waals surface area (Å²) in [5, 5.41) is 6.44. The Morgan fingerprint density at radius 1 is 1.36 bits per heavy atom. The van der Waals surface area contributed by atoms with Crippen LogP contribution >= 0.6 is 0 Å². The molecule has 0 heterocycles. The largest absolute Gasteiger partial charge is 0.383 e. The van der Waals surface area contributed by atoms with Gasteiger partial charge in [-0.15, -0.1) is 0 Å². The lowest BCUT2D eigenvalue weighted by atomic mass is 10.3. The average molecular weight is 337 g/mol. The zero-order valence-corrected chi connectivity index (χ0v) is 15.4. The molecule has 0 bridgehead atoms. The molecule has 0 saturated heterocycles. The van der Waals surface area contributed by atoms with Gasteiger partial charge in [0.25, 0.3) is 0 Å². The van der Waals surface area contributed by atoms with E-state index in [4.69, 9.17) is 4.74 Å². The lowest BCUT2D eigenvalue weighted by molar-refractivity contribution is 0.161. The molecule has 0 aromatic rings. The number of guanidine groups is 1. The van der Waals surface area contributed by atoms with E-state index < -0.39 is 9.84 Å². The molecule has 0 rings (SSSR count). The van der Waals surface area contributed by atoms with Crippen LogP contribution in [0.3, 0.4) is 0 Å². The minimum Gasteiger partial charge on any atom is -0.383 e. The predicted octanol–water partition coefficient (Wildman–Crippen LogP) is -0.0571. The number of sulfone groups is 1. The van der Waals surface area contributed by atoms with Crippen LogP contribution in [0, 0.1) is 0 Å². The fourth-order valence-electron chi connectivity index (χ4n) is 1.81. The van der Waals surface area contributed by atoms with E-state index in [1.807, 2.05) is 6.92 Å². The monoisotopic (exact) mass is 336 g/mol. The smallest absolute Gasteiger partial charge is 0.191 e. The summed E-state index contributed by atoms with van der Waals surface area (Å²) in [5.74, 6) is 0.892. The number of likely N-dealkylation sites (N-methyl/N-ethyl adjacent to an activating group) is 1. The highest BCUT2D eigenvalue weighted by atomic mass is 32.2. The van der Waals surface area contributed by atoms with Crippen molar-refractivity contribution in [1.29, 1.82) is 0 Å². The van der Waals surface area contributed by atoms with Crippen molar-refractivity contribution in [3.8, 4) is 0 Å². The molecular weight excluding hydrogens is 304 g/mol. The van der Waals surface area contributed by atoms with Gasteiger partial charge >= 0.3 is 0 Å². The minimum absolute atomic E-state index is 0.0605. The van der Waals surface area contributed by atoms with E-state index >= 15 is 0 Å². The Labute approximate surface area is 135 Å². The number of nitrogens with one attached hydrogen (secondary N) is 2. The fourth-order valence-corrected chi connectivity index (χ4v) is 2.59. The van der Waals surface area contributed by atoms with Gasteiger partial charge in [-0.1, -0.05) is 0 Å². The molecule has 132 valence electrons. The van der Waals surface area contributed by atoms with Crippen molar-refractivity contribution < 1.29 is 13.2 Å². The van der Waals surface area contributed by atoms with Crippen LogP contribution in [0.4, 0.5) is 0 Å². The fraction of sp³-hybridized carbons (Fsp3) is 0.929. The predicted molar refractivity (Wildman–Crippen MR) is 92.3 cm³/mol. The second kappa shape index (κ2) is 11.7. The SMILES string of the molecule is CN=C(NCCCN(C)CCOC)NC(C)CCS(C)(=O)=O. The number of hydrogen-bond donors (Lipinski definition) is 2. The van der Waals surface area contributed by atoms with Crippen molar-refractivity contribution in [2.75, 3.05) is 59.5 Å². The van der Waals surface area contributed by atoms with Crippen LogP contribution in [0.1, 0.15) is 19.8 Å². The van der Waals surface area contributed by atoms with Gasteiger partial charge in [0, 0.05) is 39.5 Å². The minimum atomic E-state index is -2.92. The maximum Gasteiger partial charge on any atom is 0.191 e. The summed E-state index contributed by atoms with van der Waals surface area (Å²) in [6.07, 6.45) is 2.82. The summed E-state index contributed by atoms with van der Waals surface area (Å²) in [6.45, 7) is 5.42. The molecule has 22 heavy (non-hydrogen) atoms. The lowest BCUT2D eigenvalue weighted by Crippen LogP contribution is -2.43. The number of rotatable bonds is 11. The van der Waals surface area contributed by atoms with Crippen molar-refractivity contribution in [2.45, 2.75) is 25.8 Å². The zero-order valence-electron chi connectivity index (χ0n) is 14.6. The molecule has 2 N–H and O–H groups in total. The highest BCUT2D eigenvalue weighted by Gasteiger charge is 2.09. The summed E-state index contributed by atoms with van der Waals surface area (Å²) in [5.41, 5.74) is 0. The molecule has 0 spiro atoms. The van der Waals surface area contributed by atoms with E-state index in [0.29, 0.717) is 12.4 Å². The third-order valence-electron chi connectivity index (χ3n) is 3.21. The normalized spacial score (nSPS) is 14.2. The maximum atomic E-state index is 11.2. The molecule has 0 fully saturated rings. The van der Waals surface area contributed by atoms with Crippen LogP contribution in [-0.2, 0) is 14.6 Å². The Kier molecular flexibility index (Phi) is 11.2. The van der Waals surface area contributed by atoms with Crippen LogP contribution in [0.25, 0.3) is 0 Å². The third-order valence-corrected chi connectivity index (χ3v) is 4.19. The molecule has 1 unspecified atom stereocenters. The molecule has 0 saturated carbocycles. The van der Waals surface area contributed by atoms with Crippen molar-refractivity contribution in [3.05, 3.63) is 0 Å². The van der Waals surface area contributed by atoms with Crippen LogP contribution < -0.4 is 10.6 Å². The van der Waals surface area contributed by atoms with Gasteiger partial charge in [-0.3, -0.25) is 4.99 Å². The Bertz CT molecular complexity index is 412. The van der Waals surface area contributed by atoms with Gasteiger partial charge < -0.3 is 20.3 Å². The van der Waals surface area contributed by atoms with Gasteiger partial charge in [-0.2, -0.15) is 0 Å². The van der Waals surface area contributed by atoms with E-state index in [1.54, 1.807) is 14.2 Å². The van der Waals surface area contributed by atoms with Gasteiger partial charge in [0.2, 0.25) is 0 Å². The van der Waals surface area contributed by atoms with Gasteiger partial charge in [0.05, 0.1) is 12.4 Å². The molecule has 0 aromatic carbocycles. The zero-order chi connectivity index (χ0) is 17.0. The molecule has 0 aliphatic rings. The van der Waals surface area contributed by atoms with E-state index in [9.17, 15) is 8.42 Å². The van der Waals surface area contributed by atoms with E-state index in [-0.39, 0.29) is 11.8 Å². The summed E-state index contributed by atoms with van der Waals surface area (Å²) < 4.78 is 27.3. The van der Waals surface area contributed by atoms with Crippen LogP contribution in [-0.4, -0.2) is 84.8 Å². The van der Waals surface area contributed by atoms with Gasteiger partial charge in [0.1, 0.15) is 9.84 Å². The van der Waals surface area contributed by atoms with Gasteiger partial charge in [0.15, 0.2) is 5.96 Å². The van der Waals surface area contributed by atoms with Gasteiger partial charge in [-0.05, 0) is 33.4 Å². The molecule has 8 heteroatoms. The Morgan fingerprint density at radius 3 is 2.59 bits per heavy atom. The standard InChI is InChI=1S/C14H32N4O3S/c1-13(7-12-22(5,19)20)17-14(15-2)16-8-6-9-18(3)10-11-21-4/h13H,6-12H2,1-5H3,(H2,15,16,17). The van der Waals surface area contributed by atoms with Crippen LogP contribution in [0.15, 0.2) is 4.99 Å². The molecule has 1 atom stereocenters. The average Bonchev–Trinajstić information content (AvgIpc) is 2.45. The number of hydrogen-bond acceptors (Lipinski definition) is 5. The number of aliphatic imine (C=N–C) groups is 1. The summed E-state index contributed by atoms with van der Waals surface area (Å²) in [6, 6.07) is 0.0605. The Hall–Kier alpha value is -0.860. The maximum absolute atomic E-state index is 11.2. The molecular formula is C14H32N4O3S. The van der Waals surface area contributed by atoms with Crippen molar-refractivity contribution in [1.82, 2.24) is 15.5 Å². The molecule has 0 aliphatic carbocycles. The topological polar surface area (TPSA) is 83.0 Å². The first-order valence-electron chi connectivity index (χ1n) is 7.61. The summed E-state index contributed by atoms with van der Waals surface area (Å²) in [4.78, 5) is 6.37. The Morgan fingerprint density at radius 2 is 2.05 bits per heavy atom. The molecule has 0 aromatic heterocycles. The number of ether oxygens (including phenoxy) is 1. The van der Waals surface area contributed by atoms with Crippen molar-refractivity contribution in [3.63, 3.8) is 0 Å². The third kappa shape index (κ3) is 12.8. The number of methoxy groups -OCH3 is 1. The van der Waals surface area contributed by atoms with Crippen molar-refractivity contribution >= 4 is 15.8 Å². The first kappa shape index (κ1) is 21.1. The molecule has 7 nitrogen and oxygen atoms in total. The van der Waals surface area contributed by atoms with Crippen LogP contribution in [0.5, 0.6) is 0 Å². The second-order valence-corrected chi connectivity index (χ2v) is 7.87. The molecule has 0 aliphatic heterocycles. The molecule has 0 amide bonds. The van der Waals surface area contributed by atoms with E-state index in [1.165, 1.54) is 6.26 Å². The quantitative estimate of drug-likeness (QED) is 0.313. The second-order valence-electron chi connectivity index (χ2n) is 5.61. The summed E-state index contributed by atoms with van der Waals surface area (Å²) >= 11 is 0. The number of nitrogens with zero attached hydrogens (tertiary/aromatic N) is 2. The van der Waals surface area contributed by atoms with Crippen molar-refractivity contribution in [2.24, 2.45) is 4.99 Å². The first-order valence-corrected chi connectivity index (χ1v) is 9.67. The van der Waals surface area contributed by atoms with Crippen LogP contribution in [0.2, 0.25) is 0 Å². The van der Waals surface area contributed by atoms with E-state index in [2.05, 4.69) is 27.6 Å². The van der Waals surface area contributed by atoms with E-state index in [0.717, 1.165) is 32.7 Å². The summed E-state index contributed by atoms with van der Waals surface area (Å²) in [7, 11) is 2.57. The Balaban J connectivity index is 3.88. The highest BCUT2D eigenvalue weighted by Crippen LogP contribution is 1.95. The van der Waals surface area contributed by atoms with Gasteiger partial charge in [-0.25, -0.2) is 8.42 Å².